The summed E-state index contributed by atoms with van der Waals surface area (Å²) in [6, 6.07) is 13.0. The number of unbranched alkanes of at least 4 members (excludes halogenated alkanes) is 8. The summed E-state index contributed by atoms with van der Waals surface area (Å²) in [6.45, 7) is -0.0569. The van der Waals surface area contributed by atoms with Gasteiger partial charge in [0.15, 0.2) is 0 Å². The Morgan fingerprint density at radius 1 is 0.952 bits per heavy atom. The van der Waals surface area contributed by atoms with E-state index < -0.39 is 36.3 Å². The van der Waals surface area contributed by atoms with Gasteiger partial charge in [-0.05, 0) is 61.1 Å². The predicted molar refractivity (Wildman–Crippen MR) is 160 cm³/mol. The van der Waals surface area contributed by atoms with Gasteiger partial charge < -0.3 is 39.5 Å². The van der Waals surface area contributed by atoms with Crippen LogP contribution in [0.25, 0.3) is 0 Å². The quantitative estimate of drug-likeness (QED) is 0.118. The fourth-order valence-corrected chi connectivity index (χ4v) is 5.83. The second-order valence-corrected chi connectivity index (χ2v) is 11.6. The van der Waals surface area contributed by atoms with Crippen molar-refractivity contribution in [2.24, 2.45) is 5.16 Å². The third kappa shape index (κ3) is 7.63. The summed E-state index contributed by atoms with van der Waals surface area (Å²) in [7, 11) is 1.57. The number of aliphatic hydroxyl groups excluding tert-OH is 4. The van der Waals surface area contributed by atoms with Crippen molar-refractivity contribution in [2.45, 2.75) is 93.9 Å². The minimum atomic E-state index is -1.72. The van der Waals surface area contributed by atoms with Gasteiger partial charge in [-0.15, -0.1) is 0 Å². The molecule has 232 valence electrons. The van der Waals surface area contributed by atoms with Crippen LogP contribution in [-0.4, -0.2) is 77.5 Å². The summed E-state index contributed by atoms with van der Waals surface area (Å²) >= 11 is 6.52. The third-order valence-corrected chi connectivity index (χ3v) is 8.54. The summed E-state index contributed by atoms with van der Waals surface area (Å²) in [6.07, 6.45) is 8.32. The van der Waals surface area contributed by atoms with E-state index in [0.717, 1.165) is 42.6 Å². The van der Waals surface area contributed by atoms with E-state index in [4.69, 9.17) is 25.8 Å². The smallest absolute Gasteiger partial charge is 0.225 e. The zero-order chi connectivity index (χ0) is 30.0. The molecule has 2 aliphatic rings. The Kier molecular flexibility index (Phi) is 12.0. The molecule has 2 fully saturated rings. The van der Waals surface area contributed by atoms with Crippen LogP contribution >= 0.6 is 11.6 Å². The normalized spacial score (nSPS) is 27.0. The summed E-state index contributed by atoms with van der Waals surface area (Å²) in [5.74, 6) is -0.904. The second-order valence-electron chi connectivity index (χ2n) is 11.2. The standard InChI is InChI=1S/C32H44ClNO8/c1-39-34-17-9-7-5-3-2-4-6-8-10-18-40-26-14-11-23(12-15-26)19-24-20-25(13-16-27(24)33)32-30(38)28(36)29(37)31(21-35,42-32)22-41-32/h11-17,20,28-30,35-38H,2-10,18-19,21-22H2,1H3/b34-17+/t28-,29-,30+,31-,32-/m0/s1. The zero-order valence-electron chi connectivity index (χ0n) is 24.3. The lowest BCUT2D eigenvalue weighted by Gasteiger charge is -2.46. The molecule has 2 aromatic carbocycles. The topological polar surface area (TPSA) is 130 Å². The maximum atomic E-state index is 10.8. The van der Waals surface area contributed by atoms with E-state index in [1.165, 1.54) is 32.1 Å². The number of rotatable bonds is 17. The van der Waals surface area contributed by atoms with Gasteiger partial charge in [-0.2, -0.15) is 0 Å². The summed E-state index contributed by atoms with van der Waals surface area (Å²) < 4.78 is 17.7. The van der Waals surface area contributed by atoms with Crippen LogP contribution in [0.3, 0.4) is 0 Å². The van der Waals surface area contributed by atoms with Gasteiger partial charge in [0.1, 0.15) is 36.8 Å². The molecule has 2 aliphatic heterocycles. The van der Waals surface area contributed by atoms with Crippen molar-refractivity contribution in [1.29, 1.82) is 0 Å². The first-order valence-corrected chi connectivity index (χ1v) is 15.3. The molecule has 2 bridgehead atoms. The molecule has 0 spiro atoms. The number of benzene rings is 2. The Labute approximate surface area is 253 Å². The summed E-state index contributed by atoms with van der Waals surface area (Å²) in [5, 5.41) is 45.9. The molecule has 42 heavy (non-hydrogen) atoms. The van der Waals surface area contributed by atoms with E-state index in [-0.39, 0.29) is 6.61 Å². The molecule has 2 aromatic rings. The molecule has 0 aromatic heterocycles. The maximum Gasteiger partial charge on any atom is 0.225 e. The Morgan fingerprint density at radius 2 is 1.64 bits per heavy atom. The first kappa shape index (κ1) is 32.7. The number of ether oxygens (including phenoxy) is 3. The molecule has 5 atom stereocenters. The van der Waals surface area contributed by atoms with Gasteiger partial charge >= 0.3 is 0 Å². The van der Waals surface area contributed by atoms with E-state index in [9.17, 15) is 20.4 Å². The number of nitrogens with zero attached hydrogens (tertiary/aromatic N) is 1. The predicted octanol–water partition coefficient (Wildman–Crippen LogP) is 4.48. The molecule has 4 rings (SSSR count). The minimum absolute atomic E-state index is 0.176. The number of halogens is 1. The molecular weight excluding hydrogens is 562 g/mol. The van der Waals surface area contributed by atoms with Crippen molar-refractivity contribution >= 4 is 17.8 Å². The molecule has 4 N–H and O–H groups in total. The van der Waals surface area contributed by atoms with Gasteiger partial charge in [0, 0.05) is 16.8 Å². The van der Waals surface area contributed by atoms with Crippen molar-refractivity contribution in [2.75, 3.05) is 26.9 Å². The van der Waals surface area contributed by atoms with Crippen LogP contribution in [0.5, 0.6) is 5.75 Å². The largest absolute Gasteiger partial charge is 0.494 e. The van der Waals surface area contributed by atoms with Gasteiger partial charge in [0.25, 0.3) is 0 Å². The summed E-state index contributed by atoms with van der Waals surface area (Å²) in [4.78, 5) is 4.66. The molecule has 10 heteroatoms. The van der Waals surface area contributed by atoms with Gasteiger partial charge in [0.2, 0.25) is 5.79 Å². The highest BCUT2D eigenvalue weighted by molar-refractivity contribution is 6.31. The fraction of sp³-hybridized carbons (Fsp3) is 0.594. The van der Waals surface area contributed by atoms with Crippen LogP contribution in [-0.2, 0) is 26.5 Å². The van der Waals surface area contributed by atoms with Crippen molar-refractivity contribution < 1.29 is 39.5 Å². The highest BCUT2D eigenvalue weighted by atomic mass is 35.5. The monoisotopic (exact) mass is 605 g/mol. The molecule has 2 heterocycles. The Hall–Kier alpha value is -2.24. The van der Waals surface area contributed by atoms with Crippen LogP contribution in [0.15, 0.2) is 47.6 Å². The van der Waals surface area contributed by atoms with Crippen LogP contribution < -0.4 is 4.74 Å². The molecule has 0 saturated carbocycles. The molecule has 2 saturated heterocycles. The Balaban J connectivity index is 1.22. The van der Waals surface area contributed by atoms with Gasteiger partial charge in [-0.3, -0.25) is 0 Å². The zero-order valence-corrected chi connectivity index (χ0v) is 25.0. The Morgan fingerprint density at radius 3 is 2.33 bits per heavy atom. The first-order chi connectivity index (χ1) is 20.3. The molecule has 0 unspecified atom stereocenters. The lowest BCUT2D eigenvalue weighted by Crippen LogP contribution is -2.65. The van der Waals surface area contributed by atoms with E-state index >= 15 is 0 Å². The lowest BCUT2D eigenvalue weighted by atomic mass is 9.83. The molecule has 9 nitrogen and oxygen atoms in total. The van der Waals surface area contributed by atoms with Gasteiger partial charge in [0.05, 0.1) is 19.8 Å². The van der Waals surface area contributed by atoms with Crippen molar-refractivity contribution in [3.8, 4) is 5.75 Å². The number of hydrogen-bond donors (Lipinski definition) is 4. The molecule has 0 aliphatic carbocycles. The molecule has 0 amide bonds. The average Bonchev–Trinajstić information content (AvgIpc) is 3.39. The highest BCUT2D eigenvalue weighted by Crippen LogP contribution is 2.49. The first-order valence-electron chi connectivity index (χ1n) is 14.9. The number of hydrogen-bond acceptors (Lipinski definition) is 9. The third-order valence-electron chi connectivity index (χ3n) is 8.17. The number of fused-ring (bicyclic) bond motifs is 2. The highest BCUT2D eigenvalue weighted by Gasteiger charge is 2.67. The number of oxime groups is 1. The van der Waals surface area contributed by atoms with E-state index in [1.54, 1.807) is 25.3 Å². The lowest BCUT2D eigenvalue weighted by molar-refractivity contribution is -0.329. The minimum Gasteiger partial charge on any atom is -0.494 e. The molecular formula is C32H44ClNO8. The van der Waals surface area contributed by atoms with Gasteiger partial charge in [-0.25, -0.2) is 0 Å². The van der Waals surface area contributed by atoms with Crippen LogP contribution in [0, 0.1) is 0 Å². The van der Waals surface area contributed by atoms with Crippen molar-refractivity contribution in [3.63, 3.8) is 0 Å². The van der Waals surface area contributed by atoms with E-state index in [2.05, 4.69) is 9.99 Å². The SMILES string of the molecule is CO/N=C/CCCCCCCCCCOc1ccc(Cc2cc([C@]34OC[C@](CO)(O3)[C@@H](O)[C@H](O)[C@H]4O)ccc2Cl)cc1. The van der Waals surface area contributed by atoms with Gasteiger partial charge in [-0.1, -0.05) is 73.5 Å². The van der Waals surface area contributed by atoms with E-state index in [1.807, 2.05) is 30.5 Å². The second kappa shape index (κ2) is 15.5. The number of aliphatic hydroxyl groups is 4. The maximum absolute atomic E-state index is 10.8. The van der Waals surface area contributed by atoms with Crippen molar-refractivity contribution in [3.05, 3.63) is 64.2 Å². The van der Waals surface area contributed by atoms with Crippen LogP contribution in [0.2, 0.25) is 5.02 Å². The van der Waals surface area contributed by atoms with Crippen LogP contribution in [0.4, 0.5) is 0 Å². The Bertz CT molecular complexity index is 1150. The van der Waals surface area contributed by atoms with Crippen molar-refractivity contribution in [1.82, 2.24) is 0 Å². The van der Waals surface area contributed by atoms with Crippen LogP contribution in [0.1, 0.15) is 74.5 Å². The fourth-order valence-electron chi connectivity index (χ4n) is 5.64. The average molecular weight is 606 g/mol. The van der Waals surface area contributed by atoms with E-state index in [0.29, 0.717) is 23.6 Å². The summed E-state index contributed by atoms with van der Waals surface area (Å²) in [5.41, 5.74) is 0.721. The molecule has 0 radical (unpaired) electrons.